The van der Waals surface area contributed by atoms with Crippen molar-refractivity contribution in [2.24, 2.45) is 5.41 Å². The summed E-state index contributed by atoms with van der Waals surface area (Å²) in [6.45, 7) is 2.34. The molecule has 4 rings (SSSR count). The maximum absolute atomic E-state index is 13.2. The molecule has 1 saturated carbocycles. The molecule has 1 saturated heterocycles. The highest BCUT2D eigenvalue weighted by Crippen LogP contribution is 2.59. The van der Waals surface area contributed by atoms with Crippen LogP contribution in [0, 0.1) is 12.3 Å². The molecule has 1 aliphatic heterocycles. The molecule has 0 radical (unpaired) electrons. The van der Waals surface area contributed by atoms with Crippen LogP contribution in [0.3, 0.4) is 0 Å². The van der Waals surface area contributed by atoms with Crippen molar-refractivity contribution in [1.82, 2.24) is 14.7 Å². The molecule has 11 heteroatoms. The first-order valence-electron chi connectivity index (χ1n) is 9.67. The van der Waals surface area contributed by atoms with Crippen molar-refractivity contribution >= 4 is 17.7 Å². The van der Waals surface area contributed by atoms with Crippen molar-refractivity contribution in [3.05, 3.63) is 41.7 Å². The summed E-state index contributed by atoms with van der Waals surface area (Å²) in [5, 5.41) is 3.51. The molecule has 1 atom stereocenters. The topological polar surface area (TPSA) is 38.1 Å². The van der Waals surface area contributed by atoms with Gasteiger partial charge in [-0.2, -0.15) is 31.4 Å². The minimum absolute atomic E-state index is 0.0425. The van der Waals surface area contributed by atoms with Crippen LogP contribution in [-0.2, 0) is 11.0 Å². The van der Waals surface area contributed by atoms with Gasteiger partial charge in [0.15, 0.2) is 5.69 Å². The number of benzene rings is 1. The molecule has 0 spiro atoms. The molecule has 1 unspecified atom stereocenters. The number of rotatable bonds is 4. The molecule has 1 amide bonds. The minimum Gasteiger partial charge on any atom is -0.341 e. The van der Waals surface area contributed by atoms with Crippen molar-refractivity contribution < 1.29 is 31.1 Å². The molecule has 0 bridgehead atoms. The van der Waals surface area contributed by atoms with Crippen molar-refractivity contribution in [2.75, 3.05) is 13.1 Å². The van der Waals surface area contributed by atoms with E-state index in [1.165, 1.54) is 22.9 Å². The number of hydrogen-bond acceptors (Lipinski definition) is 3. The van der Waals surface area contributed by atoms with Crippen LogP contribution in [0.1, 0.15) is 30.5 Å². The van der Waals surface area contributed by atoms with E-state index in [1.807, 2.05) is 0 Å². The number of thioether (sulfide) groups is 1. The third-order valence-corrected chi connectivity index (χ3v) is 7.16. The Morgan fingerprint density at radius 2 is 1.87 bits per heavy atom. The SMILES string of the molecule is Cc1cc(-n2ccc(C(F)(F)F)n2)ccc1SC1CCN(C(=O)C2(C(F)(F)F)CC2)C1. The Morgan fingerprint density at radius 1 is 1.16 bits per heavy atom. The summed E-state index contributed by atoms with van der Waals surface area (Å²) in [4.78, 5) is 14.6. The zero-order valence-electron chi connectivity index (χ0n) is 16.4. The second kappa shape index (κ2) is 7.46. The van der Waals surface area contributed by atoms with Crippen LogP contribution < -0.4 is 0 Å². The molecule has 0 N–H and O–H groups in total. The maximum Gasteiger partial charge on any atom is 0.435 e. The number of alkyl halides is 6. The van der Waals surface area contributed by atoms with Gasteiger partial charge in [0.05, 0.1) is 5.69 Å². The fourth-order valence-electron chi connectivity index (χ4n) is 3.76. The maximum atomic E-state index is 13.2. The smallest absolute Gasteiger partial charge is 0.341 e. The van der Waals surface area contributed by atoms with E-state index in [1.54, 1.807) is 25.1 Å². The third-order valence-electron chi connectivity index (χ3n) is 5.73. The average Bonchev–Trinajstić information content (AvgIpc) is 3.12. The molecule has 1 aliphatic carbocycles. The number of nitrogens with zero attached hydrogens (tertiary/aromatic N) is 3. The van der Waals surface area contributed by atoms with Crippen LogP contribution in [-0.4, -0.2) is 45.1 Å². The van der Waals surface area contributed by atoms with Gasteiger partial charge in [0.25, 0.3) is 0 Å². The molecule has 2 fully saturated rings. The van der Waals surface area contributed by atoms with Crippen LogP contribution in [0.2, 0.25) is 0 Å². The summed E-state index contributed by atoms with van der Waals surface area (Å²) in [5.41, 5.74) is -1.89. The van der Waals surface area contributed by atoms with E-state index < -0.39 is 29.4 Å². The number of carbonyl (C=O) groups excluding carboxylic acids is 1. The van der Waals surface area contributed by atoms with E-state index in [2.05, 4.69) is 5.10 Å². The summed E-state index contributed by atoms with van der Waals surface area (Å²) in [7, 11) is 0. The Bertz CT molecular complexity index is 996. The Labute approximate surface area is 178 Å². The second-order valence-corrected chi connectivity index (χ2v) is 9.29. The van der Waals surface area contributed by atoms with Gasteiger partial charge in [0, 0.05) is 29.4 Å². The van der Waals surface area contributed by atoms with Crippen LogP contribution in [0.4, 0.5) is 26.3 Å². The van der Waals surface area contributed by atoms with E-state index in [9.17, 15) is 31.1 Å². The Morgan fingerprint density at radius 3 is 2.42 bits per heavy atom. The monoisotopic (exact) mass is 463 g/mol. The molecule has 168 valence electrons. The minimum atomic E-state index is -4.52. The standard InChI is InChI=1S/C20H19F6N3OS/c1-12-10-13(29-9-5-16(27-29)19(21,22)23)2-3-15(12)31-14-4-8-28(11-14)17(30)18(6-7-18)20(24,25)26/h2-3,5,9-10,14H,4,6-8,11H2,1H3. The van der Waals surface area contributed by atoms with Crippen molar-refractivity contribution in [1.29, 1.82) is 0 Å². The van der Waals surface area contributed by atoms with Crippen LogP contribution in [0.5, 0.6) is 0 Å². The molecule has 1 aromatic heterocycles. The Balaban J connectivity index is 1.42. The van der Waals surface area contributed by atoms with Crippen molar-refractivity contribution in [3.8, 4) is 5.69 Å². The van der Waals surface area contributed by atoms with Gasteiger partial charge in [-0.3, -0.25) is 4.79 Å². The number of aromatic nitrogens is 2. The second-order valence-electron chi connectivity index (χ2n) is 7.95. The van der Waals surface area contributed by atoms with Gasteiger partial charge in [0.2, 0.25) is 5.91 Å². The molecule has 2 heterocycles. The number of likely N-dealkylation sites (tertiary alicyclic amines) is 1. The van der Waals surface area contributed by atoms with Gasteiger partial charge in [-0.1, -0.05) is 0 Å². The van der Waals surface area contributed by atoms with Crippen LogP contribution >= 0.6 is 11.8 Å². The van der Waals surface area contributed by atoms with E-state index in [0.29, 0.717) is 18.7 Å². The summed E-state index contributed by atoms with van der Waals surface area (Å²) < 4.78 is 79.1. The predicted molar refractivity (Wildman–Crippen MR) is 102 cm³/mol. The first-order valence-corrected chi connectivity index (χ1v) is 10.6. The average molecular weight is 463 g/mol. The lowest BCUT2D eigenvalue weighted by Gasteiger charge is -2.25. The van der Waals surface area contributed by atoms with Gasteiger partial charge in [0.1, 0.15) is 5.41 Å². The zero-order valence-corrected chi connectivity index (χ0v) is 17.2. The van der Waals surface area contributed by atoms with Crippen molar-refractivity contribution in [2.45, 2.75) is 48.7 Å². The molecule has 1 aromatic carbocycles. The van der Waals surface area contributed by atoms with Crippen LogP contribution in [0.15, 0.2) is 35.4 Å². The van der Waals surface area contributed by atoms with E-state index >= 15 is 0 Å². The number of aryl methyl sites for hydroxylation is 1. The van der Waals surface area contributed by atoms with Gasteiger partial charge in [-0.15, -0.1) is 11.8 Å². The fourth-order valence-corrected chi connectivity index (χ4v) is 4.99. The summed E-state index contributed by atoms with van der Waals surface area (Å²) in [6, 6.07) is 6.00. The number of hydrogen-bond donors (Lipinski definition) is 0. The summed E-state index contributed by atoms with van der Waals surface area (Å²) in [6.07, 6.45) is -7.51. The summed E-state index contributed by atoms with van der Waals surface area (Å²) in [5.74, 6) is -0.825. The largest absolute Gasteiger partial charge is 0.435 e. The van der Waals surface area contributed by atoms with Crippen LogP contribution in [0.25, 0.3) is 5.69 Å². The fraction of sp³-hybridized carbons (Fsp3) is 0.500. The number of amides is 1. The lowest BCUT2D eigenvalue weighted by atomic mass is 10.1. The van der Waals surface area contributed by atoms with E-state index in [4.69, 9.17) is 0 Å². The molecular formula is C20H19F6N3OS. The highest BCUT2D eigenvalue weighted by molar-refractivity contribution is 8.00. The van der Waals surface area contributed by atoms with E-state index in [-0.39, 0.29) is 24.6 Å². The lowest BCUT2D eigenvalue weighted by molar-refractivity contribution is -0.197. The Hall–Kier alpha value is -2.17. The Kier molecular flexibility index (Phi) is 5.30. The van der Waals surface area contributed by atoms with Gasteiger partial charge in [-0.05, 0) is 56.0 Å². The number of carbonyl (C=O) groups is 1. The van der Waals surface area contributed by atoms with Gasteiger partial charge < -0.3 is 4.90 Å². The molecule has 2 aromatic rings. The van der Waals surface area contributed by atoms with Gasteiger partial charge in [-0.25, -0.2) is 4.68 Å². The lowest BCUT2D eigenvalue weighted by Crippen LogP contribution is -2.43. The molecular weight excluding hydrogens is 444 g/mol. The first-order chi connectivity index (χ1) is 14.4. The highest BCUT2D eigenvalue weighted by Gasteiger charge is 2.69. The summed E-state index contributed by atoms with van der Waals surface area (Å²) >= 11 is 1.47. The normalized spacial score (nSPS) is 20.9. The van der Waals surface area contributed by atoms with Gasteiger partial charge >= 0.3 is 12.4 Å². The molecule has 4 nitrogen and oxygen atoms in total. The molecule has 31 heavy (non-hydrogen) atoms. The quantitative estimate of drug-likeness (QED) is 0.583. The predicted octanol–water partition coefficient (Wildman–Crippen LogP) is 5.24. The number of halogens is 6. The highest BCUT2D eigenvalue weighted by atomic mass is 32.2. The third kappa shape index (κ3) is 4.16. The zero-order chi connectivity index (χ0) is 22.6. The first kappa shape index (κ1) is 22.0. The van der Waals surface area contributed by atoms with E-state index in [0.717, 1.165) is 21.2 Å². The molecule has 2 aliphatic rings. The van der Waals surface area contributed by atoms with Crippen molar-refractivity contribution in [3.63, 3.8) is 0 Å².